The summed E-state index contributed by atoms with van der Waals surface area (Å²) in [5.74, 6) is 2.12. The third-order valence-corrected chi connectivity index (χ3v) is 2.32. The molecule has 0 amide bonds. The van der Waals surface area contributed by atoms with Crippen molar-refractivity contribution in [2.75, 3.05) is 6.54 Å². The monoisotopic (exact) mass is 225 g/mol. The number of nitrogens with one attached hydrogen (secondary N) is 1. The fourth-order valence-electron chi connectivity index (χ4n) is 1.50. The molecular formula is C11H23N5. The molecule has 0 fully saturated rings. The van der Waals surface area contributed by atoms with Crippen LogP contribution in [0.3, 0.4) is 0 Å². The summed E-state index contributed by atoms with van der Waals surface area (Å²) in [4.78, 5) is 0. The molecule has 0 aliphatic rings. The Morgan fingerprint density at radius 1 is 1.12 bits per heavy atom. The molecule has 5 heteroatoms. The van der Waals surface area contributed by atoms with E-state index in [0.717, 1.165) is 18.9 Å². The van der Waals surface area contributed by atoms with E-state index in [1.165, 1.54) is 0 Å². The standard InChI is InChI=1S/C11H23N5/c1-8(2)6-12-10(5)11-13-14-15-16(11)7-9(3)4/h8-10,12H,6-7H2,1-5H3. The second kappa shape index (κ2) is 5.94. The summed E-state index contributed by atoms with van der Waals surface area (Å²) in [7, 11) is 0. The van der Waals surface area contributed by atoms with E-state index in [1.807, 2.05) is 4.68 Å². The molecule has 1 aromatic rings. The van der Waals surface area contributed by atoms with E-state index in [-0.39, 0.29) is 6.04 Å². The van der Waals surface area contributed by atoms with Crippen molar-refractivity contribution in [3.8, 4) is 0 Å². The summed E-state index contributed by atoms with van der Waals surface area (Å²) in [6, 6.07) is 0.205. The predicted molar refractivity (Wildman–Crippen MR) is 63.9 cm³/mol. The first-order valence-electron chi connectivity index (χ1n) is 6.00. The summed E-state index contributed by atoms with van der Waals surface area (Å²) in [5.41, 5.74) is 0. The van der Waals surface area contributed by atoms with Gasteiger partial charge in [0.15, 0.2) is 5.82 Å². The average molecular weight is 225 g/mol. The van der Waals surface area contributed by atoms with Crippen LogP contribution in [0.1, 0.15) is 46.5 Å². The third kappa shape index (κ3) is 3.89. The van der Waals surface area contributed by atoms with Gasteiger partial charge >= 0.3 is 0 Å². The maximum Gasteiger partial charge on any atom is 0.167 e. The van der Waals surface area contributed by atoms with Crippen molar-refractivity contribution in [1.29, 1.82) is 0 Å². The van der Waals surface area contributed by atoms with Crippen LogP contribution in [-0.4, -0.2) is 26.8 Å². The van der Waals surface area contributed by atoms with Crippen molar-refractivity contribution in [1.82, 2.24) is 25.5 Å². The molecule has 1 aromatic heterocycles. The van der Waals surface area contributed by atoms with Gasteiger partial charge in [-0.1, -0.05) is 27.7 Å². The van der Waals surface area contributed by atoms with Crippen molar-refractivity contribution in [2.45, 2.75) is 47.2 Å². The predicted octanol–water partition coefficient (Wildman–Crippen LogP) is 1.64. The highest BCUT2D eigenvalue weighted by molar-refractivity contribution is 4.89. The summed E-state index contributed by atoms with van der Waals surface area (Å²) >= 11 is 0. The molecule has 1 unspecified atom stereocenters. The molecule has 1 atom stereocenters. The molecule has 92 valence electrons. The van der Waals surface area contributed by atoms with Crippen molar-refractivity contribution in [2.24, 2.45) is 11.8 Å². The highest BCUT2D eigenvalue weighted by atomic mass is 15.5. The lowest BCUT2D eigenvalue weighted by Gasteiger charge is -2.15. The topological polar surface area (TPSA) is 55.6 Å². The zero-order valence-corrected chi connectivity index (χ0v) is 10.9. The Hall–Kier alpha value is -0.970. The zero-order chi connectivity index (χ0) is 12.1. The molecule has 0 aromatic carbocycles. The SMILES string of the molecule is CC(C)CNC(C)c1nnnn1CC(C)C. The molecule has 0 aliphatic heterocycles. The molecule has 0 spiro atoms. The van der Waals surface area contributed by atoms with Crippen LogP contribution < -0.4 is 5.32 Å². The first-order valence-corrected chi connectivity index (χ1v) is 6.00. The average Bonchev–Trinajstić information content (AvgIpc) is 2.61. The van der Waals surface area contributed by atoms with E-state index in [2.05, 4.69) is 55.5 Å². The molecule has 16 heavy (non-hydrogen) atoms. The maximum absolute atomic E-state index is 4.09. The molecule has 0 saturated carbocycles. The first-order chi connectivity index (χ1) is 7.50. The van der Waals surface area contributed by atoms with Crippen molar-refractivity contribution in [3.05, 3.63) is 5.82 Å². The summed E-state index contributed by atoms with van der Waals surface area (Å²) in [6.07, 6.45) is 0. The minimum absolute atomic E-state index is 0.205. The van der Waals surface area contributed by atoms with E-state index in [4.69, 9.17) is 0 Å². The van der Waals surface area contributed by atoms with Crippen LogP contribution in [0.15, 0.2) is 0 Å². The Kier molecular flexibility index (Phi) is 4.86. The lowest BCUT2D eigenvalue weighted by Crippen LogP contribution is -2.26. The van der Waals surface area contributed by atoms with Crippen molar-refractivity contribution < 1.29 is 0 Å². The third-order valence-electron chi connectivity index (χ3n) is 2.32. The lowest BCUT2D eigenvalue weighted by atomic mass is 10.2. The first kappa shape index (κ1) is 13.1. The summed E-state index contributed by atoms with van der Waals surface area (Å²) < 4.78 is 1.89. The van der Waals surface area contributed by atoms with Crippen LogP contribution >= 0.6 is 0 Å². The van der Waals surface area contributed by atoms with Crippen LogP contribution in [0, 0.1) is 11.8 Å². The Bertz CT molecular complexity index is 305. The smallest absolute Gasteiger partial charge is 0.167 e. The summed E-state index contributed by atoms with van der Waals surface area (Å²) in [6.45, 7) is 12.7. The van der Waals surface area contributed by atoms with E-state index < -0.39 is 0 Å². The fraction of sp³-hybridized carbons (Fsp3) is 0.909. The second-order valence-corrected chi connectivity index (χ2v) is 5.14. The van der Waals surface area contributed by atoms with E-state index in [0.29, 0.717) is 11.8 Å². The minimum Gasteiger partial charge on any atom is -0.307 e. The number of tetrazole rings is 1. The Balaban J connectivity index is 2.60. The number of nitrogens with zero attached hydrogens (tertiary/aromatic N) is 4. The van der Waals surface area contributed by atoms with Crippen LogP contribution in [0.5, 0.6) is 0 Å². The number of rotatable bonds is 6. The molecular weight excluding hydrogens is 202 g/mol. The van der Waals surface area contributed by atoms with Gasteiger partial charge in [-0.15, -0.1) is 5.10 Å². The van der Waals surface area contributed by atoms with E-state index in [1.54, 1.807) is 0 Å². The highest BCUT2D eigenvalue weighted by Gasteiger charge is 2.14. The van der Waals surface area contributed by atoms with Gasteiger partial charge in [0.25, 0.3) is 0 Å². The fourth-order valence-corrected chi connectivity index (χ4v) is 1.50. The van der Waals surface area contributed by atoms with Gasteiger partial charge in [0.1, 0.15) is 0 Å². The molecule has 0 bridgehead atoms. The van der Waals surface area contributed by atoms with Crippen LogP contribution in [0.4, 0.5) is 0 Å². The Morgan fingerprint density at radius 3 is 2.38 bits per heavy atom. The van der Waals surface area contributed by atoms with E-state index >= 15 is 0 Å². The van der Waals surface area contributed by atoms with Gasteiger partial charge in [-0.3, -0.25) is 0 Å². The van der Waals surface area contributed by atoms with Crippen molar-refractivity contribution in [3.63, 3.8) is 0 Å². The quantitative estimate of drug-likeness (QED) is 0.799. The number of aromatic nitrogens is 4. The van der Waals surface area contributed by atoms with Gasteiger partial charge in [0.2, 0.25) is 0 Å². The molecule has 0 saturated heterocycles. The van der Waals surface area contributed by atoms with Gasteiger partial charge in [0, 0.05) is 6.54 Å². The molecule has 0 radical (unpaired) electrons. The lowest BCUT2D eigenvalue weighted by molar-refractivity contribution is 0.418. The number of hydrogen-bond donors (Lipinski definition) is 1. The van der Waals surface area contributed by atoms with Crippen molar-refractivity contribution >= 4 is 0 Å². The van der Waals surface area contributed by atoms with Crippen LogP contribution in [0.2, 0.25) is 0 Å². The largest absolute Gasteiger partial charge is 0.307 e. The Labute approximate surface area is 97.6 Å². The Morgan fingerprint density at radius 2 is 1.81 bits per heavy atom. The molecule has 0 aliphatic carbocycles. The molecule has 1 heterocycles. The van der Waals surface area contributed by atoms with Gasteiger partial charge < -0.3 is 5.32 Å². The second-order valence-electron chi connectivity index (χ2n) is 5.14. The molecule has 5 nitrogen and oxygen atoms in total. The van der Waals surface area contributed by atoms with Gasteiger partial charge in [0.05, 0.1) is 6.04 Å². The maximum atomic E-state index is 4.09. The van der Waals surface area contributed by atoms with Gasteiger partial charge in [-0.25, -0.2) is 4.68 Å². The highest BCUT2D eigenvalue weighted by Crippen LogP contribution is 2.09. The van der Waals surface area contributed by atoms with Gasteiger partial charge in [-0.2, -0.15) is 0 Å². The minimum atomic E-state index is 0.205. The normalized spacial score (nSPS) is 13.7. The van der Waals surface area contributed by atoms with Crippen LogP contribution in [0.25, 0.3) is 0 Å². The summed E-state index contributed by atoms with van der Waals surface area (Å²) in [5, 5.41) is 15.3. The molecule has 1 N–H and O–H groups in total. The number of hydrogen-bond acceptors (Lipinski definition) is 4. The zero-order valence-electron chi connectivity index (χ0n) is 10.9. The van der Waals surface area contributed by atoms with Crippen LogP contribution in [-0.2, 0) is 6.54 Å². The van der Waals surface area contributed by atoms with E-state index in [9.17, 15) is 0 Å². The molecule has 1 rings (SSSR count). The van der Waals surface area contributed by atoms with Gasteiger partial charge in [-0.05, 0) is 35.7 Å².